The van der Waals surface area contributed by atoms with E-state index in [-0.39, 0.29) is 5.91 Å². The lowest BCUT2D eigenvalue weighted by Crippen LogP contribution is -2.38. The van der Waals surface area contributed by atoms with Crippen LogP contribution in [0.25, 0.3) is 0 Å². The van der Waals surface area contributed by atoms with Gasteiger partial charge in [-0.25, -0.2) is 4.79 Å². The van der Waals surface area contributed by atoms with Crippen molar-refractivity contribution in [2.45, 2.75) is 39.7 Å². The smallest absolute Gasteiger partial charge is 0.407 e. The maximum absolute atomic E-state index is 11.7. The van der Waals surface area contributed by atoms with Crippen molar-refractivity contribution in [1.82, 2.24) is 10.6 Å². The van der Waals surface area contributed by atoms with Crippen LogP contribution in [0, 0.1) is 6.92 Å². The Hall–Kier alpha value is -2.04. The summed E-state index contributed by atoms with van der Waals surface area (Å²) in [6.45, 7) is 8.13. The summed E-state index contributed by atoms with van der Waals surface area (Å²) in [5.41, 5.74) is 1.62. The molecule has 0 radical (unpaired) electrons. The van der Waals surface area contributed by atoms with E-state index >= 15 is 0 Å². The van der Waals surface area contributed by atoms with Gasteiger partial charge in [0.1, 0.15) is 5.60 Å². The van der Waals surface area contributed by atoms with E-state index in [1.54, 1.807) is 20.8 Å². The molecule has 0 aliphatic carbocycles. The van der Waals surface area contributed by atoms with Crippen molar-refractivity contribution in [2.24, 2.45) is 0 Å². The molecule has 0 aliphatic heterocycles. The van der Waals surface area contributed by atoms with Crippen molar-refractivity contribution >= 4 is 12.0 Å². The molecule has 21 heavy (non-hydrogen) atoms. The van der Waals surface area contributed by atoms with Crippen LogP contribution in [0.15, 0.2) is 24.3 Å². The van der Waals surface area contributed by atoms with Crippen LogP contribution in [0.2, 0.25) is 0 Å². The minimum atomic E-state index is -0.515. The summed E-state index contributed by atoms with van der Waals surface area (Å²) in [6.07, 6.45) is -0.137. The lowest BCUT2D eigenvalue weighted by Gasteiger charge is -2.19. The van der Waals surface area contributed by atoms with Gasteiger partial charge in [-0.3, -0.25) is 4.79 Å². The second kappa shape index (κ2) is 7.67. The van der Waals surface area contributed by atoms with Crippen LogP contribution in [0.3, 0.4) is 0 Å². The highest BCUT2D eigenvalue weighted by molar-refractivity contribution is 5.78. The third kappa shape index (κ3) is 7.97. The molecule has 5 heteroatoms. The van der Waals surface area contributed by atoms with Crippen LogP contribution in [0.1, 0.15) is 31.9 Å². The highest BCUT2D eigenvalue weighted by Gasteiger charge is 2.15. The number of amides is 2. The van der Waals surface area contributed by atoms with Gasteiger partial charge < -0.3 is 15.4 Å². The fourth-order valence-corrected chi connectivity index (χ4v) is 1.63. The molecule has 0 spiro atoms. The van der Waals surface area contributed by atoms with Crippen molar-refractivity contribution in [3.05, 3.63) is 35.4 Å². The Morgan fingerprint density at radius 3 is 2.19 bits per heavy atom. The second-order valence-electron chi connectivity index (χ2n) is 5.94. The topological polar surface area (TPSA) is 67.4 Å². The summed E-state index contributed by atoms with van der Waals surface area (Å²) in [5, 5.41) is 5.34. The summed E-state index contributed by atoms with van der Waals surface area (Å²) in [6, 6.07) is 7.83. The first-order chi connectivity index (χ1) is 9.76. The zero-order valence-corrected chi connectivity index (χ0v) is 13.2. The van der Waals surface area contributed by atoms with Gasteiger partial charge in [0.25, 0.3) is 0 Å². The fraction of sp³-hybridized carbons (Fsp3) is 0.500. The zero-order chi connectivity index (χ0) is 15.9. The Labute approximate surface area is 126 Å². The summed E-state index contributed by atoms with van der Waals surface area (Å²) >= 11 is 0. The molecule has 0 fully saturated rings. The molecule has 0 aliphatic rings. The molecule has 0 heterocycles. The molecule has 1 aromatic rings. The molecule has 0 unspecified atom stereocenters. The first-order valence-electron chi connectivity index (χ1n) is 7.05. The van der Waals surface area contributed by atoms with Gasteiger partial charge in [-0.1, -0.05) is 29.8 Å². The summed E-state index contributed by atoms with van der Waals surface area (Å²) in [4.78, 5) is 23.1. The molecule has 2 N–H and O–H groups in total. The monoisotopic (exact) mass is 292 g/mol. The van der Waals surface area contributed by atoms with E-state index in [2.05, 4.69) is 10.6 Å². The van der Waals surface area contributed by atoms with Gasteiger partial charge in [-0.05, 0) is 33.3 Å². The molecule has 0 saturated carbocycles. The largest absolute Gasteiger partial charge is 0.444 e. The summed E-state index contributed by atoms with van der Waals surface area (Å²) in [5.74, 6) is -0.0650. The number of ether oxygens (including phenoxy) is 1. The minimum absolute atomic E-state index is 0.0650. The Bertz CT molecular complexity index is 475. The van der Waals surface area contributed by atoms with Gasteiger partial charge in [0.2, 0.25) is 5.91 Å². The number of alkyl carbamates (subject to hydrolysis) is 1. The predicted octanol–water partition coefficient (Wildman–Crippen LogP) is 2.18. The van der Waals surface area contributed by atoms with E-state index in [1.165, 1.54) is 5.56 Å². The number of nitrogens with one attached hydrogen (secondary N) is 2. The quantitative estimate of drug-likeness (QED) is 0.817. The molecule has 1 aromatic carbocycles. The average molecular weight is 292 g/mol. The summed E-state index contributed by atoms with van der Waals surface area (Å²) in [7, 11) is 0. The van der Waals surface area contributed by atoms with Crippen LogP contribution in [0.4, 0.5) is 4.79 Å². The van der Waals surface area contributed by atoms with Crippen LogP contribution >= 0.6 is 0 Å². The zero-order valence-electron chi connectivity index (χ0n) is 13.2. The number of hydrogen-bond donors (Lipinski definition) is 2. The number of rotatable bonds is 5. The SMILES string of the molecule is Cc1ccc(CC(=O)NCCNC(=O)OC(C)(C)C)cc1. The molecule has 0 aromatic heterocycles. The molecule has 1 rings (SSSR count). The standard InChI is InChI=1S/C16H24N2O3/c1-12-5-7-13(8-6-12)11-14(19)17-9-10-18-15(20)21-16(2,3)4/h5-8H,9-11H2,1-4H3,(H,17,19)(H,18,20). The van der Waals surface area contributed by atoms with Gasteiger partial charge in [-0.2, -0.15) is 0 Å². The van der Waals surface area contributed by atoms with E-state index in [4.69, 9.17) is 4.74 Å². The Kier molecular flexibility index (Phi) is 6.21. The highest BCUT2D eigenvalue weighted by Crippen LogP contribution is 2.06. The van der Waals surface area contributed by atoms with Gasteiger partial charge >= 0.3 is 6.09 Å². The van der Waals surface area contributed by atoms with Crippen molar-refractivity contribution in [2.75, 3.05) is 13.1 Å². The van der Waals surface area contributed by atoms with Crippen molar-refractivity contribution in [1.29, 1.82) is 0 Å². The Balaban J connectivity index is 2.19. The van der Waals surface area contributed by atoms with Gasteiger partial charge in [0.15, 0.2) is 0 Å². The Morgan fingerprint density at radius 1 is 1.05 bits per heavy atom. The molecule has 0 saturated heterocycles. The lowest BCUT2D eigenvalue weighted by molar-refractivity contribution is -0.120. The highest BCUT2D eigenvalue weighted by atomic mass is 16.6. The maximum atomic E-state index is 11.7. The van der Waals surface area contributed by atoms with Crippen LogP contribution in [-0.4, -0.2) is 30.7 Å². The number of carbonyl (C=O) groups is 2. The number of aryl methyl sites for hydroxylation is 1. The maximum Gasteiger partial charge on any atom is 0.407 e. The molecular formula is C16H24N2O3. The third-order valence-corrected chi connectivity index (χ3v) is 2.60. The summed E-state index contributed by atoms with van der Waals surface area (Å²) < 4.78 is 5.09. The fourth-order valence-electron chi connectivity index (χ4n) is 1.63. The van der Waals surface area contributed by atoms with E-state index in [9.17, 15) is 9.59 Å². The Morgan fingerprint density at radius 2 is 1.62 bits per heavy atom. The third-order valence-electron chi connectivity index (χ3n) is 2.60. The van der Waals surface area contributed by atoms with E-state index in [1.807, 2.05) is 31.2 Å². The van der Waals surface area contributed by atoms with Gasteiger partial charge in [0.05, 0.1) is 6.42 Å². The first kappa shape index (κ1) is 17.0. The van der Waals surface area contributed by atoms with Crippen LogP contribution in [-0.2, 0) is 16.0 Å². The van der Waals surface area contributed by atoms with Gasteiger partial charge in [0, 0.05) is 13.1 Å². The van der Waals surface area contributed by atoms with Crippen LogP contribution in [0.5, 0.6) is 0 Å². The lowest BCUT2D eigenvalue weighted by atomic mass is 10.1. The normalized spacial score (nSPS) is 10.9. The van der Waals surface area contributed by atoms with Crippen molar-refractivity contribution in [3.8, 4) is 0 Å². The molecule has 0 bridgehead atoms. The predicted molar refractivity (Wildman–Crippen MR) is 82.1 cm³/mol. The average Bonchev–Trinajstić information content (AvgIpc) is 2.35. The molecule has 5 nitrogen and oxygen atoms in total. The second-order valence-corrected chi connectivity index (χ2v) is 5.94. The van der Waals surface area contributed by atoms with Crippen molar-refractivity contribution < 1.29 is 14.3 Å². The number of carbonyl (C=O) groups excluding carboxylic acids is 2. The molecule has 0 atom stereocenters. The van der Waals surface area contributed by atoms with Crippen molar-refractivity contribution in [3.63, 3.8) is 0 Å². The minimum Gasteiger partial charge on any atom is -0.444 e. The van der Waals surface area contributed by atoms with E-state index in [0.717, 1.165) is 5.56 Å². The van der Waals surface area contributed by atoms with E-state index in [0.29, 0.717) is 19.5 Å². The van der Waals surface area contributed by atoms with Gasteiger partial charge in [-0.15, -0.1) is 0 Å². The number of hydrogen-bond acceptors (Lipinski definition) is 3. The number of benzene rings is 1. The van der Waals surface area contributed by atoms with Crippen LogP contribution < -0.4 is 10.6 Å². The van der Waals surface area contributed by atoms with E-state index < -0.39 is 11.7 Å². The molecule has 2 amide bonds. The molecular weight excluding hydrogens is 268 g/mol. The molecule has 116 valence electrons. The first-order valence-corrected chi connectivity index (χ1v) is 7.05.